The van der Waals surface area contributed by atoms with Crippen molar-refractivity contribution in [3.8, 4) is 17.6 Å². The van der Waals surface area contributed by atoms with Gasteiger partial charge in [0.2, 0.25) is 5.78 Å². The molecule has 6 heteroatoms. The fourth-order valence-electron chi connectivity index (χ4n) is 2.32. The highest BCUT2D eigenvalue weighted by Crippen LogP contribution is 2.24. The predicted octanol–water partition coefficient (Wildman–Crippen LogP) is 2.93. The lowest BCUT2D eigenvalue weighted by Crippen LogP contribution is -2.15. The Kier molecular flexibility index (Phi) is 6.75. The van der Waals surface area contributed by atoms with Gasteiger partial charge in [-0.3, -0.25) is 9.59 Å². The monoisotopic (exact) mass is 353 g/mol. The summed E-state index contributed by atoms with van der Waals surface area (Å²) in [5, 5.41) is 8.76. The van der Waals surface area contributed by atoms with E-state index < -0.39 is 5.97 Å². The molecule has 2 aromatic carbocycles. The maximum absolute atomic E-state index is 12.3. The predicted molar refractivity (Wildman–Crippen MR) is 94.3 cm³/mol. The van der Waals surface area contributed by atoms with Crippen molar-refractivity contribution in [1.29, 1.82) is 5.26 Å². The van der Waals surface area contributed by atoms with Gasteiger partial charge in [0.1, 0.15) is 11.5 Å². The number of esters is 1. The fraction of sp³-hybridized carbons (Fsp3) is 0.250. The molecule has 0 atom stereocenters. The second-order valence-electron chi connectivity index (χ2n) is 5.46. The van der Waals surface area contributed by atoms with Gasteiger partial charge in [0.15, 0.2) is 6.61 Å². The lowest BCUT2D eigenvalue weighted by molar-refractivity contribution is -0.142. The third kappa shape index (κ3) is 5.08. The number of nitriles is 1. The molecule has 0 aliphatic heterocycles. The second-order valence-corrected chi connectivity index (χ2v) is 5.46. The maximum atomic E-state index is 12.3. The van der Waals surface area contributed by atoms with E-state index in [9.17, 15) is 9.59 Å². The number of Topliss-reactive ketones (excluding diaryl/α,β-unsaturated/α-hetero) is 1. The van der Waals surface area contributed by atoms with Crippen molar-refractivity contribution < 1.29 is 23.8 Å². The number of carbonyl (C=O) groups excluding carboxylic acids is 2. The molecule has 6 nitrogen and oxygen atoms in total. The minimum absolute atomic E-state index is 0.147. The van der Waals surface area contributed by atoms with Crippen molar-refractivity contribution >= 4 is 11.8 Å². The molecular weight excluding hydrogens is 334 g/mol. The van der Waals surface area contributed by atoms with E-state index in [1.165, 1.54) is 14.2 Å². The van der Waals surface area contributed by atoms with Gasteiger partial charge in [-0.05, 0) is 42.3 Å². The highest BCUT2D eigenvalue weighted by Gasteiger charge is 2.16. The normalized spacial score (nSPS) is 9.88. The van der Waals surface area contributed by atoms with E-state index in [4.69, 9.17) is 19.5 Å². The number of hydrogen-bond donors (Lipinski definition) is 0. The van der Waals surface area contributed by atoms with Crippen LogP contribution >= 0.6 is 0 Å². The fourth-order valence-corrected chi connectivity index (χ4v) is 2.32. The van der Waals surface area contributed by atoms with Crippen LogP contribution in [0.1, 0.15) is 27.9 Å². The molecule has 0 amide bonds. The molecule has 2 aromatic rings. The first-order chi connectivity index (χ1) is 12.6. The van der Waals surface area contributed by atoms with Crippen LogP contribution in [0.15, 0.2) is 42.5 Å². The van der Waals surface area contributed by atoms with Gasteiger partial charge in [0.25, 0.3) is 0 Å². The number of hydrogen-bond acceptors (Lipinski definition) is 6. The zero-order chi connectivity index (χ0) is 18.9. The standard InChI is InChI=1S/C20H19NO5/c1-24-16-8-9-19(25-2)17(11-16)18(22)13-26-20(23)10-7-14-3-5-15(12-21)6-4-14/h3-6,8-9,11H,7,10,13H2,1-2H3. The average molecular weight is 353 g/mol. The summed E-state index contributed by atoms with van der Waals surface area (Å²) in [7, 11) is 2.96. The van der Waals surface area contributed by atoms with Gasteiger partial charge in [-0.25, -0.2) is 0 Å². The third-order valence-corrected chi connectivity index (χ3v) is 3.77. The first kappa shape index (κ1) is 19.0. The van der Waals surface area contributed by atoms with Crippen molar-refractivity contribution in [3.63, 3.8) is 0 Å². The zero-order valence-corrected chi connectivity index (χ0v) is 14.7. The molecule has 0 fully saturated rings. The van der Waals surface area contributed by atoms with E-state index in [2.05, 4.69) is 0 Å². The van der Waals surface area contributed by atoms with Crippen LogP contribution < -0.4 is 9.47 Å². The highest BCUT2D eigenvalue weighted by atomic mass is 16.5. The van der Waals surface area contributed by atoms with Crippen LogP contribution in [0.5, 0.6) is 11.5 Å². The number of ether oxygens (including phenoxy) is 3. The van der Waals surface area contributed by atoms with E-state index in [1.54, 1.807) is 42.5 Å². The van der Waals surface area contributed by atoms with Gasteiger partial charge in [-0.15, -0.1) is 0 Å². The van der Waals surface area contributed by atoms with Crippen molar-refractivity contribution in [2.75, 3.05) is 20.8 Å². The number of rotatable bonds is 8. The molecule has 26 heavy (non-hydrogen) atoms. The molecule has 0 saturated heterocycles. The van der Waals surface area contributed by atoms with Crippen LogP contribution in [0, 0.1) is 11.3 Å². The summed E-state index contributed by atoms with van der Waals surface area (Å²) < 4.78 is 15.3. The molecule has 0 spiro atoms. The minimum atomic E-state index is -0.468. The Labute approximate surface area is 151 Å². The van der Waals surface area contributed by atoms with Crippen molar-refractivity contribution in [2.24, 2.45) is 0 Å². The average Bonchev–Trinajstić information content (AvgIpc) is 2.70. The van der Waals surface area contributed by atoms with E-state index in [-0.39, 0.29) is 18.8 Å². The van der Waals surface area contributed by atoms with Crippen LogP contribution in [0.4, 0.5) is 0 Å². The van der Waals surface area contributed by atoms with Crippen LogP contribution in [0.2, 0.25) is 0 Å². The van der Waals surface area contributed by atoms with E-state index in [0.717, 1.165) is 5.56 Å². The molecule has 0 aliphatic carbocycles. The van der Waals surface area contributed by atoms with Crippen molar-refractivity contribution in [2.45, 2.75) is 12.8 Å². The van der Waals surface area contributed by atoms with Gasteiger partial charge < -0.3 is 14.2 Å². The van der Waals surface area contributed by atoms with Crippen molar-refractivity contribution in [1.82, 2.24) is 0 Å². The number of benzene rings is 2. The molecule has 0 radical (unpaired) electrons. The van der Waals surface area contributed by atoms with E-state index in [1.807, 2.05) is 6.07 Å². The summed E-state index contributed by atoms with van der Waals surface area (Å²) in [6.07, 6.45) is 0.621. The molecule has 0 aliphatic rings. The van der Waals surface area contributed by atoms with Crippen LogP contribution in [-0.4, -0.2) is 32.6 Å². The largest absolute Gasteiger partial charge is 0.497 e. The van der Waals surface area contributed by atoms with Gasteiger partial charge in [-0.1, -0.05) is 12.1 Å². The highest BCUT2D eigenvalue weighted by molar-refractivity contribution is 6.00. The van der Waals surface area contributed by atoms with Crippen LogP contribution in [0.25, 0.3) is 0 Å². The second kappa shape index (κ2) is 9.23. The Morgan fingerprint density at radius 1 is 1.04 bits per heavy atom. The molecule has 134 valence electrons. The number of aryl methyl sites for hydroxylation is 1. The topological polar surface area (TPSA) is 85.6 Å². The molecule has 0 unspecified atom stereocenters. The van der Waals surface area contributed by atoms with Crippen LogP contribution in [-0.2, 0) is 16.0 Å². The summed E-state index contributed by atoms with van der Waals surface area (Å²) >= 11 is 0. The number of methoxy groups -OCH3 is 2. The Bertz CT molecular complexity index is 821. The van der Waals surface area contributed by atoms with Crippen LogP contribution in [0.3, 0.4) is 0 Å². The Balaban J connectivity index is 1.88. The van der Waals surface area contributed by atoms with Gasteiger partial charge in [-0.2, -0.15) is 5.26 Å². The molecular formula is C20H19NO5. The van der Waals surface area contributed by atoms with Gasteiger partial charge >= 0.3 is 5.97 Å². The Morgan fingerprint density at radius 3 is 2.38 bits per heavy atom. The van der Waals surface area contributed by atoms with E-state index in [0.29, 0.717) is 29.0 Å². The summed E-state index contributed by atoms with van der Waals surface area (Å²) in [4.78, 5) is 24.2. The molecule has 0 heterocycles. The minimum Gasteiger partial charge on any atom is -0.497 e. The first-order valence-corrected chi connectivity index (χ1v) is 7.97. The quantitative estimate of drug-likeness (QED) is 0.536. The Hall–Kier alpha value is -3.33. The summed E-state index contributed by atoms with van der Waals surface area (Å²) in [6, 6.07) is 13.9. The third-order valence-electron chi connectivity index (χ3n) is 3.77. The number of carbonyl (C=O) groups is 2. The molecule has 2 rings (SSSR count). The molecule has 0 N–H and O–H groups in total. The van der Waals surface area contributed by atoms with Gasteiger partial charge in [0, 0.05) is 6.42 Å². The number of ketones is 1. The SMILES string of the molecule is COc1ccc(OC)c(C(=O)COC(=O)CCc2ccc(C#N)cc2)c1. The smallest absolute Gasteiger partial charge is 0.306 e. The molecule has 0 aromatic heterocycles. The van der Waals surface area contributed by atoms with Gasteiger partial charge in [0.05, 0.1) is 31.4 Å². The van der Waals surface area contributed by atoms with Crippen molar-refractivity contribution in [3.05, 3.63) is 59.2 Å². The number of nitrogens with zero attached hydrogens (tertiary/aromatic N) is 1. The van der Waals surface area contributed by atoms with E-state index >= 15 is 0 Å². The lowest BCUT2D eigenvalue weighted by Gasteiger charge is -2.10. The summed E-state index contributed by atoms with van der Waals surface area (Å²) in [5.41, 5.74) is 1.78. The first-order valence-electron chi connectivity index (χ1n) is 7.97. The summed E-state index contributed by atoms with van der Waals surface area (Å²) in [5.74, 6) is 0.0720. The molecule has 0 bridgehead atoms. The molecule has 0 saturated carbocycles. The zero-order valence-electron chi connectivity index (χ0n) is 14.7. The lowest BCUT2D eigenvalue weighted by atomic mass is 10.1. The maximum Gasteiger partial charge on any atom is 0.306 e. The summed E-state index contributed by atoms with van der Waals surface area (Å²) in [6.45, 7) is -0.365. The Morgan fingerprint density at radius 2 is 1.77 bits per heavy atom.